The quantitative estimate of drug-likeness (QED) is 0.0905. The van der Waals surface area contributed by atoms with Crippen molar-refractivity contribution in [3.8, 4) is 0 Å². The highest BCUT2D eigenvalue weighted by Crippen LogP contribution is 2.29. The molecule has 0 saturated heterocycles. The minimum Gasteiger partial charge on any atom is -0.457 e. The van der Waals surface area contributed by atoms with E-state index in [4.69, 9.17) is 31.1 Å². The predicted octanol–water partition coefficient (Wildman–Crippen LogP) is 6.63. The van der Waals surface area contributed by atoms with Gasteiger partial charge in [0.25, 0.3) is 0 Å². The minimum absolute atomic E-state index is 0.0388. The highest BCUT2D eigenvalue weighted by molar-refractivity contribution is 6.00. The third-order valence-corrected chi connectivity index (χ3v) is 5.79. The van der Waals surface area contributed by atoms with Crippen LogP contribution in [0.4, 0.5) is 0 Å². The summed E-state index contributed by atoms with van der Waals surface area (Å²) in [6, 6.07) is 15.3. The average Bonchev–Trinajstić information content (AvgIpc) is 3.45. The first-order valence-electron chi connectivity index (χ1n) is 11.7. The zero-order chi connectivity index (χ0) is 24.8. The van der Waals surface area contributed by atoms with Gasteiger partial charge in [0.05, 0.1) is 0 Å². The van der Waals surface area contributed by atoms with Crippen molar-refractivity contribution in [1.29, 1.82) is 10.8 Å². The summed E-state index contributed by atoms with van der Waals surface area (Å²) in [4.78, 5) is 0. The zero-order valence-corrected chi connectivity index (χ0v) is 19.8. The number of nitrogen functional groups attached to an aromatic ring is 1. The van der Waals surface area contributed by atoms with Crippen LogP contribution in [0.15, 0.2) is 81.7 Å². The predicted molar refractivity (Wildman–Crippen MR) is 145 cm³/mol. The number of fused-ring (bicyclic) bond motifs is 2. The van der Waals surface area contributed by atoms with Crippen molar-refractivity contribution in [2.75, 3.05) is 6.54 Å². The summed E-state index contributed by atoms with van der Waals surface area (Å²) in [5.41, 5.74) is 16.0. The van der Waals surface area contributed by atoms with Gasteiger partial charge in [0.15, 0.2) is 0 Å². The zero-order valence-electron chi connectivity index (χ0n) is 19.8. The van der Waals surface area contributed by atoms with E-state index in [1.54, 1.807) is 13.0 Å². The standard InChI is InChI=1S/C29H30N4O2/c1-19(31)21-10-12-27-24(15-21)18-28(35-27)20(8-5-6-14-30)7-3-2-4-9-25-17-23-16-22(29(32)33)11-13-26(23)34-25/h2-4,7,9-13,15-18,31H,5-6,8,14,30H2,1H3,(H3,32,33)/b3-2+,9-4+,20-7+,31-19?. The van der Waals surface area contributed by atoms with Crippen LogP contribution in [0.2, 0.25) is 0 Å². The molecule has 4 aromatic rings. The summed E-state index contributed by atoms with van der Waals surface area (Å²) in [6.45, 7) is 2.45. The van der Waals surface area contributed by atoms with Gasteiger partial charge < -0.3 is 25.7 Å². The molecule has 0 aliphatic rings. The van der Waals surface area contributed by atoms with E-state index >= 15 is 0 Å². The Morgan fingerprint density at radius 3 is 2.31 bits per heavy atom. The Balaban J connectivity index is 1.53. The molecular weight excluding hydrogens is 436 g/mol. The van der Waals surface area contributed by atoms with Gasteiger partial charge in [-0.3, -0.25) is 5.41 Å². The van der Waals surface area contributed by atoms with Crippen LogP contribution in [0, 0.1) is 10.8 Å². The number of hydrogen-bond acceptors (Lipinski definition) is 5. The maximum absolute atomic E-state index is 7.87. The first-order valence-corrected chi connectivity index (χ1v) is 11.7. The smallest absolute Gasteiger partial charge is 0.134 e. The summed E-state index contributed by atoms with van der Waals surface area (Å²) < 4.78 is 12.0. The van der Waals surface area contributed by atoms with Gasteiger partial charge in [-0.25, -0.2) is 0 Å². The molecule has 0 bridgehead atoms. The van der Waals surface area contributed by atoms with Crippen LogP contribution in [-0.2, 0) is 0 Å². The number of benzene rings is 2. The Morgan fingerprint density at radius 1 is 0.857 bits per heavy atom. The second-order valence-electron chi connectivity index (χ2n) is 8.49. The first-order chi connectivity index (χ1) is 16.9. The van der Waals surface area contributed by atoms with E-state index in [9.17, 15) is 0 Å². The molecule has 6 heteroatoms. The van der Waals surface area contributed by atoms with Crippen molar-refractivity contribution in [1.82, 2.24) is 0 Å². The van der Waals surface area contributed by atoms with E-state index < -0.39 is 0 Å². The summed E-state index contributed by atoms with van der Waals surface area (Å²) in [7, 11) is 0. The van der Waals surface area contributed by atoms with Crippen LogP contribution in [0.5, 0.6) is 0 Å². The topological polar surface area (TPSA) is 126 Å². The van der Waals surface area contributed by atoms with Gasteiger partial charge in [0.1, 0.15) is 28.5 Å². The van der Waals surface area contributed by atoms with Crippen LogP contribution in [0.1, 0.15) is 48.8 Å². The number of amidine groups is 1. The molecule has 0 fully saturated rings. The number of hydrogen-bond donors (Lipinski definition) is 4. The van der Waals surface area contributed by atoms with Gasteiger partial charge in [-0.2, -0.15) is 0 Å². The van der Waals surface area contributed by atoms with E-state index in [0.717, 1.165) is 63.9 Å². The molecule has 0 amide bonds. The number of nitrogens with two attached hydrogens (primary N) is 2. The summed E-state index contributed by atoms with van der Waals surface area (Å²) >= 11 is 0. The normalized spacial score (nSPS) is 12.5. The molecule has 0 saturated carbocycles. The Kier molecular flexibility index (Phi) is 7.43. The third kappa shape index (κ3) is 5.86. The maximum Gasteiger partial charge on any atom is 0.134 e. The van der Waals surface area contributed by atoms with Gasteiger partial charge in [-0.1, -0.05) is 24.3 Å². The minimum atomic E-state index is 0.0388. The van der Waals surface area contributed by atoms with Crippen LogP contribution >= 0.6 is 0 Å². The Hall–Kier alpha value is -4.16. The van der Waals surface area contributed by atoms with Crippen molar-refractivity contribution in [2.24, 2.45) is 11.5 Å². The van der Waals surface area contributed by atoms with Crippen LogP contribution in [0.25, 0.3) is 33.6 Å². The molecule has 4 rings (SSSR count). The second-order valence-corrected chi connectivity index (χ2v) is 8.49. The lowest BCUT2D eigenvalue weighted by molar-refractivity contribution is 0.593. The van der Waals surface area contributed by atoms with E-state index in [0.29, 0.717) is 17.8 Å². The fourth-order valence-corrected chi connectivity index (χ4v) is 3.88. The molecule has 0 atom stereocenters. The fourth-order valence-electron chi connectivity index (χ4n) is 3.88. The van der Waals surface area contributed by atoms with E-state index in [2.05, 4.69) is 6.08 Å². The molecule has 2 heterocycles. The molecule has 0 radical (unpaired) electrons. The van der Waals surface area contributed by atoms with Crippen LogP contribution in [-0.4, -0.2) is 18.1 Å². The van der Waals surface area contributed by atoms with Crippen LogP contribution in [0.3, 0.4) is 0 Å². The molecule has 0 spiro atoms. The lowest BCUT2D eigenvalue weighted by atomic mass is 10.0. The molecule has 0 unspecified atom stereocenters. The molecule has 2 aromatic carbocycles. The maximum atomic E-state index is 7.87. The second kappa shape index (κ2) is 10.8. The van der Waals surface area contributed by atoms with Gasteiger partial charge in [0.2, 0.25) is 0 Å². The van der Waals surface area contributed by atoms with Gasteiger partial charge >= 0.3 is 0 Å². The SMILES string of the molecule is CC(=N)c1ccc2oc(/C(=C/C=C/C=C/c3cc4cc(C(=N)N)ccc4o3)CCCCN)cc2c1. The van der Waals surface area contributed by atoms with E-state index in [1.165, 1.54) is 0 Å². The van der Waals surface area contributed by atoms with Gasteiger partial charge in [0, 0.05) is 22.0 Å². The highest BCUT2D eigenvalue weighted by atomic mass is 16.3. The molecule has 35 heavy (non-hydrogen) atoms. The van der Waals surface area contributed by atoms with Crippen molar-refractivity contribution < 1.29 is 8.83 Å². The summed E-state index contributed by atoms with van der Waals surface area (Å²) in [5, 5.41) is 17.4. The van der Waals surface area contributed by atoms with Gasteiger partial charge in [-0.15, -0.1) is 0 Å². The Morgan fingerprint density at radius 2 is 1.57 bits per heavy atom. The molecular formula is C29H30N4O2. The number of furan rings is 2. The number of unbranched alkanes of at least 4 members (excludes halogenated alkanes) is 1. The number of rotatable bonds is 10. The lowest BCUT2D eigenvalue weighted by Crippen LogP contribution is -2.10. The number of allylic oxidation sites excluding steroid dienone is 5. The Bertz CT molecular complexity index is 1470. The summed E-state index contributed by atoms with van der Waals surface area (Å²) in [6.07, 6.45) is 12.6. The molecule has 6 N–H and O–H groups in total. The number of nitrogens with one attached hydrogen (secondary N) is 2. The van der Waals surface area contributed by atoms with E-state index in [1.807, 2.05) is 66.8 Å². The third-order valence-electron chi connectivity index (χ3n) is 5.79. The molecule has 0 aliphatic carbocycles. The van der Waals surface area contributed by atoms with Crippen molar-refractivity contribution >= 4 is 45.1 Å². The van der Waals surface area contributed by atoms with Crippen molar-refractivity contribution in [2.45, 2.75) is 26.2 Å². The highest BCUT2D eigenvalue weighted by Gasteiger charge is 2.10. The van der Waals surface area contributed by atoms with Crippen molar-refractivity contribution in [3.05, 3.63) is 95.5 Å². The molecule has 0 aliphatic heterocycles. The largest absolute Gasteiger partial charge is 0.457 e. The van der Waals surface area contributed by atoms with Crippen LogP contribution < -0.4 is 11.5 Å². The lowest BCUT2D eigenvalue weighted by Gasteiger charge is -2.03. The molecule has 6 nitrogen and oxygen atoms in total. The monoisotopic (exact) mass is 466 g/mol. The summed E-state index contributed by atoms with van der Waals surface area (Å²) in [5.74, 6) is 1.60. The van der Waals surface area contributed by atoms with Crippen molar-refractivity contribution in [3.63, 3.8) is 0 Å². The fraction of sp³-hybridized carbons (Fsp3) is 0.172. The van der Waals surface area contributed by atoms with Gasteiger partial charge in [-0.05, 0) is 98.5 Å². The average molecular weight is 467 g/mol. The Labute approximate surface area is 204 Å². The first kappa shape index (κ1) is 24.0. The molecule has 2 aromatic heterocycles. The van der Waals surface area contributed by atoms with E-state index in [-0.39, 0.29) is 5.84 Å². The molecule has 178 valence electrons.